The van der Waals surface area contributed by atoms with E-state index in [-0.39, 0.29) is 10.7 Å². The Morgan fingerprint density at radius 3 is 2.29 bits per heavy atom. The third-order valence-electron chi connectivity index (χ3n) is 3.16. The molecule has 0 heterocycles. The van der Waals surface area contributed by atoms with Gasteiger partial charge in [-0.1, -0.05) is 41.6 Å². The third-order valence-corrected chi connectivity index (χ3v) is 4.47. The largest absolute Gasteiger partial charge is 0.426 e. The molecule has 2 rings (SSSR count). The monoisotopic (exact) mass is 375 g/mol. The molecule has 2 aromatic rings. The van der Waals surface area contributed by atoms with Crippen LogP contribution in [0.25, 0.3) is 0 Å². The molecule has 0 bridgehead atoms. The molecule has 2 N–H and O–H groups in total. The number of amides is 1. The van der Waals surface area contributed by atoms with Crippen molar-refractivity contribution in [3.05, 3.63) is 53.6 Å². The van der Waals surface area contributed by atoms with E-state index in [4.69, 9.17) is 11.6 Å². The van der Waals surface area contributed by atoms with Crippen molar-refractivity contribution in [2.75, 3.05) is 5.32 Å². The average Bonchev–Trinajstić information content (AvgIpc) is 2.49. The zero-order chi connectivity index (χ0) is 18.0. The minimum atomic E-state index is -5.09. The number of halogens is 4. The minimum Gasteiger partial charge on any atom is -0.373 e. The molecule has 1 amide bonds. The molecule has 24 heavy (non-hydrogen) atoms. The van der Waals surface area contributed by atoms with Crippen molar-refractivity contribution in [2.45, 2.75) is 28.5 Å². The molecule has 8 heteroatoms. The van der Waals surface area contributed by atoms with E-state index in [1.165, 1.54) is 23.9 Å². The molecule has 0 radical (unpaired) electrons. The molecule has 0 saturated carbocycles. The first-order chi connectivity index (χ1) is 11.1. The van der Waals surface area contributed by atoms with Crippen LogP contribution in [0.5, 0.6) is 0 Å². The van der Waals surface area contributed by atoms with Crippen molar-refractivity contribution in [3.8, 4) is 0 Å². The van der Waals surface area contributed by atoms with Gasteiger partial charge in [-0.15, -0.1) is 0 Å². The number of carbonyl (C=O) groups excluding carboxylic acids is 1. The number of aliphatic hydroxyl groups is 1. The fourth-order valence-electron chi connectivity index (χ4n) is 1.66. The van der Waals surface area contributed by atoms with E-state index in [9.17, 15) is 23.1 Å². The van der Waals surface area contributed by atoms with Gasteiger partial charge in [-0.25, -0.2) is 0 Å². The highest BCUT2D eigenvalue weighted by molar-refractivity contribution is 7.99. The summed E-state index contributed by atoms with van der Waals surface area (Å²) in [7, 11) is 0. The van der Waals surface area contributed by atoms with Crippen LogP contribution in [0.3, 0.4) is 0 Å². The highest BCUT2D eigenvalue weighted by Crippen LogP contribution is 2.35. The fourth-order valence-corrected chi connectivity index (χ4v) is 2.83. The number of rotatable bonds is 4. The van der Waals surface area contributed by atoms with Crippen LogP contribution in [0.4, 0.5) is 18.9 Å². The van der Waals surface area contributed by atoms with Crippen LogP contribution in [0.1, 0.15) is 6.92 Å². The first-order valence-corrected chi connectivity index (χ1v) is 7.94. The second-order valence-corrected chi connectivity index (χ2v) is 6.63. The summed E-state index contributed by atoms with van der Waals surface area (Å²) in [6, 6.07) is 13.9. The second-order valence-electron chi connectivity index (χ2n) is 5.08. The Kier molecular flexibility index (Phi) is 5.47. The van der Waals surface area contributed by atoms with E-state index in [1.807, 2.05) is 35.6 Å². The zero-order valence-corrected chi connectivity index (χ0v) is 14.0. The molecule has 0 spiro atoms. The quantitative estimate of drug-likeness (QED) is 0.811. The molecule has 0 aliphatic rings. The Bertz CT molecular complexity index is 736. The maximum Gasteiger partial charge on any atom is 0.426 e. The van der Waals surface area contributed by atoms with Crippen LogP contribution in [-0.2, 0) is 4.79 Å². The van der Waals surface area contributed by atoms with Crippen LogP contribution in [0.15, 0.2) is 58.3 Å². The Hall–Kier alpha value is -1.70. The molecule has 0 fully saturated rings. The summed E-state index contributed by atoms with van der Waals surface area (Å²) in [4.78, 5) is 13.4. The lowest BCUT2D eigenvalue weighted by Gasteiger charge is -2.25. The SMILES string of the molecule is CC(O)(C(=O)Nc1ccc(Sc2ccccc2)cc1Cl)C(F)(F)F. The van der Waals surface area contributed by atoms with Crippen molar-refractivity contribution in [3.63, 3.8) is 0 Å². The van der Waals surface area contributed by atoms with Crippen molar-refractivity contribution in [2.24, 2.45) is 0 Å². The summed E-state index contributed by atoms with van der Waals surface area (Å²) < 4.78 is 37.9. The van der Waals surface area contributed by atoms with Gasteiger partial charge in [0, 0.05) is 9.79 Å². The predicted molar refractivity (Wildman–Crippen MR) is 87.3 cm³/mol. The number of hydrogen-bond donors (Lipinski definition) is 2. The Morgan fingerprint density at radius 2 is 1.75 bits per heavy atom. The summed E-state index contributed by atoms with van der Waals surface area (Å²) in [5.41, 5.74) is -3.52. The van der Waals surface area contributed by atoms with Gasteiger partial charge in [-0.05, 0) is 37.3 Å². The number of alkyl halides is 3. The van der Waals surface area contributed by atoms with Gasteiger partial charge < -0.3 is 10.4 Å². The topological polar surface area (TPSA) is 49.3 Å². The first-order valence-electron chi connectivity index (χ1n) is 6.74. The van der Waals surface area contributed by atoms with Gasteiger partial charge in [-0.2, -0.15) is 13.2 Å². The maximum absolute atomic E-state index is 12.6. The van der Waals surface area contributed by atoms with E-state index in [1.54, 1.807) is 6.07 Å². The molecule has 0 aliphatic carbocycles. The lowest BCUT2D eigenvalue weighted by molar-refractivity contribution is -0.242. The van der Waals surface area contributed by atoms with Crippen LogP contribution in [-0.4, -0.2) is 22.8 Å². The molecule has 2 aromatic carbocycles. The summed E-state index contributed by atoms with van der Waals surface area (Å²) >= 11 is 7.43. The van der Waals surface area contributed by atoms with Gasteiger partial charge >= 0.3 is 6.18 Å². The van der Waals surface area contributed by atoms with Crippen LogP contribution >= 0.6 is 23.4 Å². The highest BCUT2D eigenvalue weighted by atomic mass is 35.5. The Morgan fingerprint density at radius 1 is 1.12 bits per heavy atom. The van der Waals surface area contributed by atoms with Crippen molar-refractivity contribution in [1.29, 1.82) is 0 Å². The molecular formula is C16H13ClF3NO2S. The summed E-state index contributed by atoms with van der Waals surface area (Å²) in [5, 5.41) is 11.4. The number of nitrogens with one attached hydrogen (secondary N) is 1. The number of anilines is 1. The van der Waals surface area contributed by atoms with Gasteiger partial charge in [0.1, 0.15) is 0 Å². The molecule has 128 valence electrons. The highest BCUT2D eigenvalue weighted by Gasteiger charge is 2.55. The second kappa shape index (κ2) is 7.04. The molecule has 0 aromatic heterocycles. The third kappa shape index (κ3) is 4.23. The van der Waals surface area contributed by atoms with E-state index in [0.717, 1.165) is 9.79 Å². The van der Waals surface area contributed by atoms with E-state index in [0.29, 0.717) is 6.92 Å². The van der Waals surface area contributed by atoms with E-state index in [2.05, 4.69) is 0 Å². The van der Waals surface area contributed by atoms with Gasteiger partial charge in [0.25, 0.3) is 5.91 Å². The normalized spacial score (nSPS) is 14.1. The van der Waals surface area contributed by atoms with Crippen LogP contribution in [0, 0.1) is 0 Å². The molecule has 1 unspecified atom stereocenters. The first kappa shape index (κ1) is 18.6. The number of benzene rings is 2. The maximum atomic E-state index is 12.6. The van der Waals surface area contributed by atoms with E-state index < -0.39 is 17.7 Å². The van der Waals surface area contributed by atoms with Crippen molar-refractivity contribution in [1.82, 2.24) is 0 Å². The molecular weight excluding hydrogens is 363 g/mol. The average molecular weight is 376 g/mol. The van der Waals surface area contributed by atoms with E-state index >= 15 is 0 Å². The minimum absolute atomic E-state index is 0.0106. The predicted octanol–water partition coefficient (Wildman–Crippen LogP) is 4.74. The molecule has 0 aliphatic heterocycles. The van der Waals surface area contributed by atoms with Gasteiger partial charge in [0.2, 0.25) is 5.60 Å². The van der Waals surface area contributed by atoms with Crippen molar-refractivity contribution < 1.29 is 23.1 Å². The Labute approximate surface area is 145 Å². The molecule has 3 nitrogen and oxygen atoms in total. The number of carbonyl (C=O) groups is 1. The smallest absolute Gasteiger partial charge is 0.373 e. The lowest BCUT2D eigenvalue weighted by atomic mass is 10.1. The van der Waals surface area contributed by atoms with Crippen LogP contribution < -0.4 is 5.32 Å². The van der Waals surface area contributed by atoms with Crippen molar-refractivity contribution >= 4 is 35.0 Å². The van der Waals surface area contributed by atoms with Crippen LogP contribution in [0.2, 0.25) is 5.02 Å². The summed E-state index contributed by atoms with van der Waals surface area (Å²) in [6.07, 6.45) is -5.09. The molecule has 0 saturated heterocycles. The molecule has 1 atom stereocenters. The summed E-state index contributed by atoms with van der Waals surface area (Å²) in [5.74, 6) is -1.60. The van der Waals surface area contributed by atoms with Gasteiger partial charge in [0.05, 0.1) is 10.7 Å². The lowest BCUT2D eigenvalue weighted by Crippen LogP contribution is -2.52. The Balaban J connectivity index is 2.14. The number of hydrogen-bond acceptors (Lipinski definition) is 3. The standard InChI is InChI=1S/C16H13ClF3NO2S/c1-15(23,16(18,19)20)14(22)21-13-8-7-11(9-12(13)17)24-10-5-3-2-4-6-10/h2-9,23H,1H3,(H,21,22). The summed E-state index contributed by atoms with van der Waals surface area (Å²) in [6.45, 7) is 0.385. The zero-order valence-electron chi connectivity index (χ0n) is 12.4. The van der Waals surface area contributed by atoms with Gasteiger partial charge in [-0.3, -0.25) is 4.79 Å². The fraction of sp³-hybridized carbons (Fsp3) is 0.188. The van der Waals surface area contributed by atoms with Gasteiger partial charge in [0.15, 0.2) is 0 Å².